The summed E-state index contributed by atoms with van der Waals surface area (Å²) in [7, 11) is 0. The first-order valence-electron chi connectivity index (χ1n) is 5.89. The van der Waals surface area contributed by atoms with Crippen LogP contribution in [0.5, 0.6) is 0 Å². The van der Waals surface area contributed by atoms with Crippen molar-refractivity contribution in [1.29, 1.82) is 0 Å². The van der Waals surface area contributed by atoms with Gasteiger partial charge in [0.05, 0.1) is 13.2 Å². The Bertz CT molecular complexity index is 340. The van der Waals surface area contributed by atoms with E-state index in [9.17, 15) is 39.5 Å². The first-order valence-corrected chi connectivity index (χ1v) is 5.89. The van der Waals surface area contributed by atoms with Gasteiger partial charge in [-0.2, -0.15) is 39.5 Å². The second kappa shape index (κ2) is 7.21. The quantitative estimate of drug-likeness (QED) is 0.626. The van der Waals surface area contributed by atoms with Crippen molar-refractivity contribution in [3.63, 3.8) is 0 Å². The average molecular weight is 351 g/mol. The second-order valence-corrected chi connectivity index (χ2v) is 4.39. The van der Waals surface area contributed by atoms with E-state index in [0.29, 0.717) is 0 Å². The highest BCUT2D eigenvalue weighted by atomic mass is 19.4. The van der Waals surface area contributed by atoms with Crippen LogP contribution >= 0.6 is 0 Å². The molecule has 3 nitrogen and oxygen atoms in total. The summed E-state index contributed by atoms with van der Waals surface area (Å²) in [6.45, 7) is -2.94. The maximum absolute atomic E-state index is 13.2. The number of hydrogen-bond donors (Lipinski definition) is 2. The number of halogens is 9. The van der Waals surface area contributed by atoms with Gasteiger partial charge in [0.1, 0.15) is 0 Å². The molecule has 0 amide bonds. The van der Waals surface area contributed by atoms with Crippen LogP contribution < -0.4 is 0 Å². The summed E-state index contributed by atoms with van der Waals surface area (Å²) in [5.41, 5.74) is 0. The maximum atomic E-state index is 13.2. The van der Waals surface area contributed by atoms with Crippen LogP contribution in [-0.4, -0.2) is 71.9 Å². The molecule has 0 saturated carbocycles. The summed E-state index contributed by atoms with van der Waals surface area (Å²) in [4.78, 5) is 0.815. The minimum Gasteiger partial charge on any atom is -0.395 e. The summed E-state index contributed by atoms with van der Waals surface area (Å²) in [5.74, 6) is -19.2. The topological polar surface area (TPSA) is 43.7 Å². The molecule has 0 radical (unpaired) electrons. The Balaban J connectivity index is 5.12. The van der Waals surface area contributed by atoms with Crippen LogP contribution in [0.25, 0.3) is 0 Å². The number of aliphatic hydroxyl groups is 2. The Morgan fingerprint density at radius 3 is 1.36 bits per heavy atom. The van der Waals surface area contributed by atoms with Gasteiger partial charge >= 0.3 is 23.9 Å². The lowest BCUT2D eigenvalue weighted by molar-refractivity contribution is -0.396. The number of hydrogen-bond acceptors (Lipinski definition) is 3. The van der Waals surface area contributed by atoms with Crippen LogP contribution in [0, 0.1) is 0 Å². The van der Waals surface area contributed by atoms with E-state index < -0.39 is 50.1 Å². The number of aliphatic hydroxyl groups excluding tert-OH is 2. The van der Waals surface area contributed by atoms with E-state index >= 15 is 0 Å². The van der Waals surface area contributed by atoms with E-state index in [1.54, 1.807) is 0 Å². The normalized spacial score (nSPS) is 14.7. The van der Waals surface area contributed by atoms with E-state index in [1.165, 1.54) is 0 Å². The summed E-state index contributed by atoms with van der Waals surface area (Å²) >= 11 is 0. The fourth-order valence-corrected chi connectivity index (χ4v) is 1.48. The first-order chi connectivity index (χ1) is 9.74. The molecule has 0 saturated heterocycles. The summed E-state index contributed by atoms with van der Waals surface area (Å²) in [6.07, 6.45) is -8.85. The molecule has 0 fully saturated rings. The molecule has 0 aromatic carbocycles. The Kier molecular flexibility index (Phi) is 6.97. The summed E-state index contributed by atoms with van der Waals surface area (Å²) < 4.78 is 113. The third-order valence-corrected chi connectivity index (χ3v) is 2.78. The van der Waals surface area contributed by atoms with E-state index in [2.05, 4.69) is 0 Å². The van der Waals surface area contributed by atoms with Crippen molar-refractivity contribution >= 4 is 0 Å². The zero-order chi connectivity index (χ0) is 17.8. The molecule has 0 aromatic heterocycles. The minimum absolute atomic E-state index is 0.349. The Hall–Kier alpha value is -0.750. The molecule has 0 aliphatic carbocycles. The molecule has 0 rings (SSSR count). The van der Waals surface area contributed by atoms with Gasteiger partial charge in [-0.3, -0.25) is 4.90 Å². The Morgan fingerprint density at radius 1 is 0.636 bits per heavy atom. The number of rotatable bonds is 9. The molecule has 22 heavy (non-hydrogen) atoms. The van der Waals surface area contributed by atoms with Crippen LogP contribution in [0.2, 0.25) is 0 Å². The highest BCUT2D eigenvalue weighted by Gasteiger charge is 2.81. The highest BCUT2D eigenvalue weighted by Crippen LogP contribution is 2.53. The fraction of sp³-hybridized carbons (Fsp3) is 1.00. The van der Waals surface area contributed by atoms with Gasteiger partial charge in [-0.15, -0.1) is 0 Å². The lowest BCUT2D eigenvalue weighted by Crippen LogP contribution is -2.61. The summed E-state index contributed by atoms with van der Waals surface area (Å²) in [6, 6.07) is 0. The van der Waals surface area contributed by atoms with E-state index in [0.717, 1.165) is 4.90 Å². The molecule has 0 spiro atoms. The lowest BCUT2D eigenvalue weighted by atomic mass is 10.0. The predicted octanol–water partition coefficient (Wildman–Crippen LogP) is 2.13. The van der Waals surface area contributed by atoms with Crippen molar-refractivity contribution in [2.45, 2.75) is 30.4 Å². The molecule has 0 aliphatic heterocycles. The molecule has 134 valence electrons. The van der Waals surface area contributed by atoms with E-state index in [4.69, 9.17) is 10.2 Å². The zero-order valence-electron chi connectivity index (χ0n) is 11.0. The molecule has 0 aliphatic rings. The maximum Gasteiger partial charge on any atom is 0.460 e. The number of nitrogens with zero attached hydrogens (tertiary/aromatic N) is 1. The smallest absolute Gasteiger partial charge is 0.395 e. The van der Waals surface area contributed by atoms with Gasteiger partial charge in [0, 0.05) is 26.1 Å². The molecule has 0 heterocycles. The van der Waals surface area contributed by atoms with Gasteiger partial charge in [-0.05, 0) is 0 Å². The van der Waals surface area contributed by atoms with Gasteiger partial charge in [-0.1, -0.05) is 0 Å². The largest absolute Gasteiger partial charge is 0.460 e. The molecule has 0 unspecified atom stereocenters. The highest BCUT2D eigenvalue weighted by molar-refractivity contribution is 5.00. The van der Waals surface area contributed by atoms with Gasteiger partial charge in [0.25, 0.3) is 0 Å². The van der Waals surface area contributed by atoms with Gasteiger partial charge in [0.15, 0.2) is 0 Å². The summed E-state index contributed by atoms with van der Waals surface area (Å²) in [5, 5.41) is 17.1. The second-order valence-electron chi connectivity index (χ2n) is 4.39. The SMILES string of the molecule is OCCN(CCO)CCC(F)(F)C(F)(F)C(F)(F)C(F)(F)F. The van der Waals surface area contributed by atoms with Crippen LogP contribution in [0.3, 0.4) is 0 Å². The zero-order valence-corrected chi connectivity index (χ0v) is 11.0. The van der Waals surface area contributed by atoms with Gasteiger partial charge in [0.2, 0.25) is 0 Å². The first kappa shape index (κ1) is 21.2. The van der Waals surface area contributed by atoms with Gasteiger partial charge < -0.3 is 10.2 Å². The van der Waals surface area contributed by atoms with Crippen molar-refractivity contribution in [3.05, 3.63) is 0 Å². The van der Waals surface area contributed by atoms with Gasteiger partial charge in [-0.25, -0.2) is 0 Å². The van der Waals surface area contributed by atoms with Crippen LogP contribution in [-0.2, 0) is 0 Å². The average Bonchev–Trinajstić information content (AvgIpc) is 2.34. The van der Waals surface area contributed by atoms with Crippen molar-refractivity contribution in [1.82, 2.24) is 4.90 Å². The fourth-order valence-electron chi connectivity index (χ4n) is 1.48. The lowest BCUT2D eigenvalue weighted by Gasteiger charge is -2.34. The number of alkyl halides is 9. The molecule has 0 atom stereocenters. The standard InChI is InChI=1S/C10H14F9NO2/c11-7(12,1-2-20(3-5-21)4-6-22)8(13,14)9(15,16)10(17,18)19/h21-22H,1-6H2. The van der Waals surface area contributed by atoms with Crippen molar-refractivity contribution in [2.75, 3.05) is 32.8 Å². The van der Waals surface area contributed by atoms with E-state index in [-0.39, 0.29) is 13.1 Å². The van der Waals surface area contributed by atoms with Crippen LogP contribution in [0.4, 0.5) is 39.5 Å². The van der Waals surface area contributed by atoms with Crippen LogP contribution in [0.15, 0.2) is 0 Å². The minimum atomic E-state index is -6.90. The van der Waals surface area contributed by atoms with Crippen molar-refractivity contribution in [3.8, 4) is 0 Å². The Morgan fingerprint density at radius 2 is 1.05 bits per heavy atom. The predicted molar refractivity (Wildman–Crippen MR) is 56.1 cm³/mol. The molecular weight excluding hydrogens is 337 g/mol. The van der Waals surface area contributed by atoms with E-state index in [1.807, 2.05) is 0 Å². The van der Waals surface area contributed by atoms with Crippen molar-refractivity contribution in [2.24, 2.45) is 0 Å². The third kappa shape index (κ3) is 4.38. The Labute approximate surface area is 119 Å². The molecule has 0 aromatic rings. The molecule has 2 N–H and O–H groups in total. The molecular formula is C10H14F9NO2. The monoisotopic (exact) mass is 351 g/mol. The molecule has 0 bridgehead atoms. The van der Waals surface area contributed by atoms with Crippen molar-refractivity contribution < 1.29 is 49.7 Å². The molecule has 12 heteroatoms. The van der Waals surface area contributed by atoms with Crippen LogP contribution in [0.1, 0.15) is 6.42 Å². The third-order valence-electron chi connectivity index (χ3n) is 2.78.